The number of esters is 1. The van der Waals surface area contributed by atoms with Crippen LogP contribution in [-0.2, 0) is 16.1 Å². The van der Waals surface area contributed by atoms with E-state index in [-0.39, 0.29) is 18.7 Å². The number of carbonyl (C=O) groups is 1. The predicted molar refractivity (Wildman–Crippen MR) is 65.6 cm³/mol. The van der Waals surface area contributed by atoms with Gasteiger partial charge in [0.1, 0.15) is 5.60 Å². The molecular weight excluding hydrogens is 256 g/mol. The number of phenolic OH excluding ortho intramolecular Hbond substituents is 1. The zero-order chi connectivity index (χ0) is 14.6. The summed E-state index contributed by atoms with van der Waals surface area (Å²) in [5.74, 6) is -3.52. The minimum Gasteiger partial charge on any atom is -0.503 e. The minimum atomic E-state index is -1.03. The highest BCUT2D eigenvalue weighted by Crippen LogP contribution is 2.21. The van der Waals surface area contributed by atoms with Crippen LogP contribution >= 0.6 is 0 Å². The molecule has 6 heteroatoms. The van der Waals surface area contributed by atoms with E-state index in [1.165, 1.54) is 0 Å². The largest absolute Gasteiger partial charge is 0.503 e. The molecule has 0 heterocycles. The molecule has 0 spiro atoms. The van der Waals surface area contributed by atoms with Crippen LogP contribution in [0.3, 0.4) is 0 Å². The summed E-state index contributed by atoms with van der Waals surface area (Å²) in [6, 6.07) is 2.00. The topological polar surface area (TPSA) is 58.6 Å². The van der Waals surface area contributed by atoms with Gasteiger partial charge in [-0.3, -0.25) is 4.79 Å². The van der Waals surface area contributed by atoms with Crippen LogP contribution in [0.4, 0.5) is 8.78 Å². The van der Waals surface area contributed by atoms with E-state index in [1.54, 1.807) is 20.8 Å². The van der Waals surface area contributed by atoms with Crippen LogP contribution in [0.15, 0.2) is 12.1 Å². The zero-order valence-electron chi connectivity index (χ0n) is 11.1. The maximum Gasteiger partial charge on any atom is 0.320 e. The first-order valence-corrected chi connectivity index (χ1v) is 5.78. The summed E-state index contributed by atoms with van der Waals surface area (Å²) in [6.45, 7) is 5.26. The summed E-state index contributed by atoms with van der Waals surface area (Å²) >= 11 is 0. The molecular formula is C13H17F2NO3. The van der Waals surface area contributed by atoms with E-state index in [2.05, 4.69) is 5.32 Å². The van der Waals surface area contributed by atoms with Gasteiger partial charge in [-0.25, -0.2) is 8.78 Å². The third-order valence-corrected chi connectivity index (χ3v) is 2.10. The van der Waals surface area contributed by atoms with Crippen molar-refractivity contribution in [2.75, 3.05) is 6.54 Å². The molecule has 2 N–H and O–H groups in total. The highest BCUT2D eigenvalue weighted by atomic mass is 19.1. The van der Waals surface area contributed by atoms with Gasteiger partial charge in [0.15, 0.2) is 17.4 Å². The Morgan fingerprint density at radius 3 is 2.32 bits per heavy atom. The molecule has 0 aliphatic rings. The second-order valence-corrected chi connectivity index (χ2v) is 5.10. The summed E-state index contributed by atoms with van der Waals surface area (Å²) in [5.41, 5.74) is -0.286. The van der Waals surface area contributed by atoms with Gasteiger partial charge < -0.3 is 15.2 Å². The molecule has 19 heavy (non-hydrogen) atoms. The number of hydrogen-bond donors (Lipinski definition) is 2. The summed E-state index contributed by atoms with van der Waals surface area (Å²) in [7, 11) is 0. The van der Waals surface area contributed by atoms with Crippen molar-refractivity contribution in [2.45, 2.75) is 32.9 Å². The fraction of sp³-hybridized carbons (Fsp3) is 0.462. The first kappa shape index (κ1) is 15.4. The predicted octanol–water partition coefficient (Wildman–Crippen LogP) is 2.10. The summed E-state index contributed by atoms with van der Waals surface area (Å²) in [6.07, 6.45) is 0. The SMILES string of the molecule is CC(C)(C)OC(=O)CNCc1cc(F)c(O)c(F)c1. The summed E-state index contributed by atoms with van der Waals surface area (Å²) in [5, 5.41) is 11.6. The molecule has 0 radical (unpaired) electrons. The van der Waals surface area contributed by atoms with E-state index in [4.69, 9.17) is 9.84 Å². The number of phenols is 1. The van der Waals surface area contributed by atoms with Crippen LogP contribution in [-0.4, -0.2) is 23.2 Å². The Hall–Kier alpha value is -1.69. The Labute approximate surface area is 110 Å². The van der Waals surface area contributed by atoms with Crippen molar-refractivity contribution in [2.24, 2.45) is 0 Å². The number of ether oxygens (including phenoxy) is 1. The molecule has 1 rings (SSSR count). The van der Waals surface area contributed by atoms with E-state index in [1.807, 2.05) is 0 Å². The van der Waals surface area contributed by atoms with Gasteiger partial charge in [0.2, 0.25) is 0 Å². The molecule has 0 unspecified atom stereocenters. The quantitative estimate of drug-likeness (QED) is 0.825. The van der Waals surface area contributed by atoms with Gasteiger partial charge in [-0.2, -0.15) is 0 Å². The Morgan fingerprint density at radius 2 is 1.84 bits per heavy atom. The fourth-order valence-electron chi connectivity index (χ4n) is 1.41. The first-order chi connectivity index (χ1) is 8.69. The lowest BCUT2D eigenvalue weighted by atomic mass is 10.2. The van der Waals surface area contributed by atoms with Crippen LogP contribution in [0.25, 0.3) is 0 Å². The van der Waals surface area contributed by atoms with Gasteiger partial charge in [-0.1, -0.05) is 0 Å². The van der Waals surface area contributed by atoms with Crippen molar-refractivity contribution >= 4 is 5.97 Å². The van der Waals surface area contributed by atoms with Gasteiger partial charge in [0.05, 0.1) is 6.54 Å². The molecule has 0 aliphatic carbocycles. The number of carbonyl (C=O) groups excluding carboxylic acids is 1. The number of rotatable bonds is 4. The van der Waals surface area contributed by atoms with E-state index in [9.17, 15) is 13.6 Å². The lowest BCUT2D eigenvalue weighted by Crippen LogP contribution is -2.31. The summed E-state index contributed by atoms with van der Waals surface area (Å²) in [4.78, 5) is 11.4. The van der Waals surface area contributed by atoms with Crippen LogP contribution < -0.4 is 5.32 Å². The number of benzene rings is 1. The second kappa shape index (κ2) is 5.97. The molecule has 0 atom stereocenters. The van der Waals surface area contributed by atoms with E-state index in [0.717, 1.165) is 12.1 Å². The van der Waals surface area contributed by atoms with Crippen LogP contribution in [0.5, 0.6) is 5.75 Å². The number of aromatic hydroxyl groups is 1. The average molecular weight is 273 g/mol. The fourth-order valence-corrected chi connectivity index (χ4v) is 1.41. The highest BCUT2D eigenvalue weighted by molar-refractivity contribution is 5.72. The molecule has 0 fully saturated rings. The molecule has 0 saturated carbocycles. The molecule has 0 amide bonds. The first-order valence-electron chi connectivity index (χ1n) is 5.78. The molecule has 0 bridgehead atoms. The van der Waals surface area contributed by atoms with E-state index >= 15 is 0 Å². The lowest BCUT2D eigenvalue weighted by molar-refractivity contribution is -0.153. The molecule has 106 valence electrons. The second-order valence-electron chi connectivity index (χ2n) is 5.10. The van der Waals surface area contributed by atoms with E-state index in [0.29, 0.717) is 0 Å². The van der Waals surface area contributed by atoms with Gasteiger partial charge in [-0.15, -0.1) is 0 Å². The maximum absolute atomic E-state index is 13.0. The summed E-state index contributed by atoms with van der Waals surface area (Å²) < 4.78 is 31.1. The van der Waals surface area contributed by atoms with Gasteiger partial charge in [0, 0.05) is 6.54 Å². The van der Waals surface area contributed by atoms with Crippen molar-refractivity contribution in [1.82, 2.24) is 5.32 Å². The standard InChI is InChI=1S/C13H17F2NO3/c1-13(2,3)19-11(17)7-16-6-8-4-9(14)12(18)10(15)5-8/h4-5,16,18H,6-7H2,1-3H3. The Balaban J connectivity index is 2.48. The average Bonchev–Trinajstić information content (AvgIpc) is 2.23. The normalized spacial score (nSPS) is 11.4. The van der Waals surface area contributed by atoms with Gasteiger partial charge >= 0.3 is 5.97 Å². The number of hydrogen-bond acceptors (Lipinski definition) is 4. The number of nitrogens with one attached hydrogen (secondary N) is 1. The third-order valence-electron chi connectivity index (χ3n) is 2.10. The number of halogens is 2. The zero-order valence-corrected chi connectivity index (χ0v) is 11.1. The molecule has 0 saturated heterocycles. The molecule has 1 aromatic rings. The van der Waals surface area contributed by atoms with Crippen LogP contribution in [0.2, 0.25) is 0 Å². The van der Waals surface area contributed by atoms with Crippen molar-refractivity contribution in [3.8, 4) is 5.75 Å². The third kappa shape index (κ3) is 5.21. The molecule has 0 aliphatic heterocycles. The molecule has 1 aromatic carbocycles. The highest BCUT2D eigenvalue weighted by Gasteiger charge is 2.16. The molecule has 4 nitrogen and oxygen atoms in total. The Bertz CT molecular complexity index is 446. The monoisotopic (exact) mass is 273 g/mol. The smallest absolute Gasteiger partial charge is 0.320 e. The lowest BCUT2D eigenvalue weighted by Gasteiger charge is -2.19. The van der Waals surface area contributed by atoms with Crippen LogP contribution in [0.1, 0.15) is 26.3 Å². The van der Waals surface area contributed by atoms with Crippen molar-refractivity contribution in [1.29, 1.82) is 0 Å². The van der Waals surface area contributed by atoms with Gasteiger partial charge in [0.25, 0.3) is 0 Å². The Kier molecular flexibility index (Phi) is 4.83. The molecule has 0 aromatic heterocycles. The maximum atomic E-state index is 13.0. The van der Waals surface area contributed by atoms with Gasteiger partial charge in [-0.05, 0) is 38.5 Å². The van der Waals surface area contributed by atoms with Crippen molar-refractivity contribution < 1.29 is 23.4 Å². The van der Waals surface area contributed by atoms with Crippen molar-refractivity contribution in [3.63, 3.8) is 0 Å². The van der Waals surface area contributed by atoms with Crippen molar-refractivity contribution in [3.05, 3.63) is 29.3 Å². The van der Waals surface area contributed by atoms with E-state index < -0.39 is 29.0 Å². The van der Waals surface area contributed by atoms with Crippen LogP contribution in [0, 0.1) is 11.6 Å². The minimum absolute atomic E-state index is 0.0681. The Morgan fingerprint density at radius 1 is 1.32 bits per heavy atom.